The molecule has 0 spiro atoms. The summed E-state index contributed by atoms with van der Waals surface area (Å²) < 4.78 is 6.97. The van der Waals surface area contributed by atoms with Crippen LogP contribution in [0.5, 0.6) is 0 Å². The van der Waals surface area contributed by atoms with Crippen LogP contribution < -0.4 is 5.32 Å². The molecule has 0 amide bonds. The zero-order chi connectivity index (χ0) is 11.7. The molecule has 1 N–H and O–H groups in total. The van der Waals surface area contributed by atoms with Gasteiger partial charge in [0.1, 0.15) is 11.3 Å². The molecule has 2 nitrogen and oxygen atoms in total. The van der Waals surface area contributed by atoms with Gasteiger partial charge in [0.25, 0.3) is 0 Å². The maximum atomic E-state index is 5.86. The highest BCUT2D eigenvalue weighted by molar-refractivity contribution is 9.10. The first kappa shape index (κ1) is 11.3. The van der Waals surface area contributed by atoms with Crippen LogP contribution in [0.15, 0.2) is 33.2 Å². The van der Waals surface area contributed by atoms with E-state index in [0.29, 0.717) is 6.04 Å². The van der Waals surface area contributed by atoms with Crippen molar-refractivity contribution in [1.29, 1.82) is 0 Å². The van der Waals surface area contributed by atoms with Crippen molar-refractivity contribution in [2.24, 2.45) is 0 Å². The lowest BCUT2D eigenvalue weighted by Crippen LogP contribution is -2.35. The van der Waals surface area contributed by atoms with E-state index in [1.54, 1.807) is 0 Å². The Morgan fingerprint density at radius 2 is 2.24 bits per heavy atom. The van der Waals surface area contributed by atoms with E-state index in [0.717, 1.165) is 28.8 Å². The predicted octanol–water partition coefficient (Wildman–Crippen LogP) is 3.88. The molecule has 0 bridgehead atoms. The van der Waals surface area contributed by atoms with Gasteiger partial charge >= 0.3 is 0 Å². The Morgan fingerprint density at radius 1 is 1.29 bits per heavy atom. The largest absolute Gasteiger partial charge is 0.461 e. The molecule has 90 valence electrons. The predicted molar refractivity (Wildman–Crippen MR) is 73.3 cm³/mol. The lowest BCUT2D eigenvalue weighted by atomic mass is 10.0. The molecule has 1 aliphatic rings. The molecule has 0 saturated carbocycles. The van der Waals surface area contributed by atoms with E-state index in [-0.39, 0.29) is 0 Å². The Balaban J connectivity index is 1.80. The van der Waals surface area contributed by atoms with Gasteiger partial charge in [-0.1, -0.05) is 22.4 Å². The SMILES string of the molecule is Brc1ccc2oc(CC3CCCCN3)cc2c1. The van der Waals surface area contributed by atoms with E-state index in [1.165, 1.54) is 24.6 Å². The van der Waals surface area contributed by atoms with E-state index in [1.807, 2.05) is 12.1 Å². The summed E-state index contributed by atoms with van der Waals surface area (Å²) in [5, 5.41) is 4.74. The number of halogens is 1. The lowest BCUT2D eigenvalue weighted by Gasteiger charge is -2.22. The van der Waals surface area contributed by atoms with Gasteiger partial charge in [-0.05, 0) is 43.7 Å². The number of fused-ring (bicyclic) bond motifs is 1. The standard InChI is InChI=1S/C14H16BrNO/c15-11-4-5-14-10(7-11)8-13(17-14)9-12-3-1-2-6-16-12/h4-5,7-8,12,16H,1-3,6,9H2. The van der Waals surface area contributed by atoms with Crippen LogP contribution in [0.4, 0.5) is 0 Å². The molecule has 1 saturated heterocycles. The summed E-state index contributed by atoms with van der Waals surface area (Å²) in [7, 11) is 0. The summed E-state index contributed by atoms with van der Waals surface area (Å²) in [6.45, 7) is 1.15. The quantitative estimate of drug-likeness (QED) is 0.909. The highest BCUT2D eigenvalue weighted by Gasteiger charge is 2.15. The van der Waals surface area contributed by atoms with Crippen molar-refractivity contribution in [2.75, 3.05) is 6.54 Å². The average Bonchev–Trinajstić information content (AvgIpc) is 2.71. The van der Waals surface area contributed by atoms with Gasteiger partial charge in [0.05, 0.1) is 0 Å². The summed E-state index contributed by atoms with van der Waals surface area (Å²) in [5.74, 6) is 1.09. The van der Waals surface area contributed by atoms with Crippen LogP contribution in [-0.2, 0) is 6.42 Å². The second kappa shape index (κ2) is 4.83. The summed E-state index contributed by atoms with van der Waals surface area (Å²) >= 11 is 3.49. The Morgan fingerprint density at radius 3 is 3.06 bits per heavy atom. The normalized spacial score (nSPS) is 20.9. The third kappa shape index (κ3) is 2.55. The van der Waals surface area contributed by atoms with Gasteiger partial charge in [0.15, 0.2) is 0 Å². The lowest BCUT2D eigenvalue weighted by molar-refractivity contribution is 0.378. The molecule has 1 fully saturated rings. The molecule has 1 atom stereocenters. The Bertz CT molecular complexity index is 514. The average molecular weight is 294 g/mol. The number of piperidine rings is 1. The fourth-order valence-corrected chi connectivity index (χ4v) is 2.89. The number of furan rings is 1. The molecular formula is C14H16BrNO. The minimum absolute atomic E-state index is 0.591. The first-order chi connectivity index (χ1) is 8.31. The fraction of sp³-hybridized carbons (Fsp3) is 0.429. The fourth-order valence-electron chi connectivity index (χ4n) is 2.51. The molecule has 0 aliphatic carbocycles. The van der Waals surface area contributed by atoms with Crippen molar-refractivity contribution in [1.82, 2.24) is 5.32 Å². The summed E-state index contributed by atoms with van der Waals surface area (Å²) in [5.41, 5.74) is 0.985. The van der Waals surface area contributed by atoms with E-state index in [2.05, 4.69) is 33.4 Å². The van der Waals surface area contributed by atoms with Gasteiger partial charge in [-0.15, -0.1) is 0 Å². The highest BCUT2D eigenvalue weighted by atomic mass is 79.9. The highest BCUT2D eigenvalue weighted by Crippen LogP contribution is 2.24. The maximum Gasteiger partial charge on any atom is 0.134 e. The van der Waals surface area contributed by atoms with Gasteiger partial charge in [0.2, 0.25) is 0 Å². The van der Waals surface area contributed by atoms with Crippen molar-refractivity contribution in [3.8, 4) is 0 Å². The van der Waals surface area contributed by atoms with Crippen LogP contribution in [0.2, 0.25) is 0 Å². The minimum atomic E-state index is 0.591. The number of benzene rings is 1. The third-order valence-corrected chi connectivity index (χ3v) is 3.88. The first-order valence-electron chi connectivity index (χ1n) is 6.22. The number of hydrogen-bond acceptors (Lipinski definition) is 2. The maximum absolute atomic E-state index is 5.86. The van der Waals surface area contributed by atoms with Crippen molar-refractivity contribution >= 4 is 26.9 Å². The molecule has 1 aromatic carbocycles. The zero-order valence-electron chi connectivity index (χ0n) is 9.71. The molecule has 2 aromatic rings. The van der Waals surface area contributed by atoms with E-state index >= 15 is 0 Å². The molecule has 0 radical (unpaired) electrons. The zero-order valence-corrected chi connectivity index (χ0v) is 11.3. The van der Waals surface area contributed by atoms with Crippen LogP contribution >= 0.6 is 15.9 Å². The van der Waals surface area contributed by atoms with Crippen molar-refractivity contribution < 1.29 is 4.42 Å². The molecule has 1 aromatic heterocycles. The molecular weight excluding hydrogens is 278 g/mol. The summed E-state index contributed by atoms with van der Waals surface area (Å²) in [6.07, 6.45) is 4.92. The Hall–Kier alpha value is -0.800. The second-order valence-electron chi connectivity index (χ2n) is 4.75. The van der Waals surface area contributed by atoms with Crippen molar-refractivity contribution in [3.05, 3.63) is 34.5 Å². The van der Waals surface area contributed by atoms with Gasteiger partial charge < -0.3 is 9.73 Å². The number of nitrogens with one attached hydrogen (secondary N) is 1. The molecule has 1 aliphatic heterocycles. The summed E-state index contributed by atoms with van der Waals surface area (Å²) in [6, 6.07) is 8.91. The smallest absolute Gasteiger partial charge is 0.134 e. The minimum Gasteiger partial charge on any atom is -0.461 e. The molecule has 2 heterocycles. The van der Waals surface area contributed by atoms with E-state index in [4.69, 9.17) is 4.42 Å². The van der Waals surface area contributed by atoms with Crippen molar-refractivity contribution in [2.45, 2.75) is 31.7 Å². The Kier molecular flexibility index (Phi) is 3.21. The van der Waals surface area contributed by atoms with Gasteiger partial charge in [-0.2, -0.15) is 0 Å². The molecule has 3 rings (SSSR count). The summed E-state index contributed by atoms with van der Waals surface area (Å²) in [4.78, 5) is 0. The van der Waals surface area contributed by atoms with Crippen LogP contribution in [0.25, 0.3) is 11.0 Å². The van der Waals surface area contributed by atoms with Gasteiger partial charge in [-0.3, -0.25) is 0 Å². The van der Waals surface area contributed by atoms with Crippen LogP contribution in [-0.4, -0.2) is 12.6 Å². The number of hydrogen-bond donors (Lipinski definition) is 1. The van der Waals surface area contributed by atoms with Crippen LogP contribution in [0.3, 0.4) is 0 Å². The molecule has 17 heavy (non-hydrogen) atoms. The van der Waals surface area contributed by atoms with Crippen LogP contribution in [0, 0.1) is 0 Å². The molecule has 1 unspecified atom stereocenters. The first-order valence-corrected chi connectivity index (χ1v) is 7.02. The molecule has 3 heteroatoms. The Labute approximate surface area is 110 Å². The third-order valence-electron chi connectivity index (χ3n) is 3.39. The number of rotatable bonds is 2. The van der Waals surface area contributed by atoms with Gasteiger partial charge in [0, 0.05) is 22.3 Å². The van der Waals surface area contributed by atoms with Gasteiger partial charge in [-0.25, -0.2) is 0 Å². The van der Waals surface area contributed by atoms with Crippen LogP contribution in [0.1, 0.15) is 25.0 Å². The topological polar surface area (TPSA) is 25.2 Å². The second-order valence-corrected chi connectivity index (χ2v) is 5.66. The van der Waals surface area contributed by atoms with Crippen molar-refractivity contribution in [3.63, 3.8) is 0 Å². The monoisotopic (exact) mass is 293 g/mol. The van der Waals surface area contributed by atoms with E-state index < -0.39 is 0 Å². The van der Waals surface area contributed by atoms with E-state index in [9.17, 15) is 0 Å².